The molecule has 3 rings (SSSR count). The quantitative estimate of drug-likeness (QED) is 0.586. The van der Waals surface area contributed by atoms with Crippen molar-refractivity contribution in [2.75, 3.05) is 6.54 Å². The Hall–Kier alpha value is -2.69. The van der Waals surface area contributed by atoms with E-state index in [1.54, 1.807) is 18.3 Å². The second-order valence-electron chi connectivity index (χ2n) is 4.91. The molecular formula is C16H13FN2O2. The van der Waals surface area contributed by atoms with Crippen LogP contribution in [0.3, 0.4) is 0 Å². The standard InChI is InChI=1S/C16H13FN2O2/c17-12-7-5-11(6-8-12)15(10-19(20)21)14-9-18-16-4-2-1-3-13(14)16/h1-9,15,18H,10H2/t15-/m0/s1. The molecule has 0 aliphatic heterocycles. The molecule has 0 saturated heterocycles. The van der Waals surface area contributed by atoms with Crippen molar-refractivity contribution in [2.24, 2.45) is 0 Å². The van der Waals surface area contributed by atoms with Crippen LogP contribution < -0.4 is 0 Å². The Kier molecular flexibility index (Phi) is 3.39. The van der Waals surface area contributed by atoms with Crippen molar-refractivity contribution in [3.63, 3.8) is 0 Å². The lowest BCUT2D eigenvalue weighted by Gasteiger charge is -2.13. The number of benzene rings is 2. The summed E-state index contributed by atoms with van der Waals surface area (Å²) in [4.78, 5) is 13.8. The second kappa shape index (κ2) is 5.36. The number of hydrogen-bond acceptors (Lipinski definition) is 2. The lowest BCUT2D eigenvalue weighted by molar-refractivity contribution is -0.481. The number of H-pyrrole nitrogens is 1. The summed E-state index contributed by atoms with van der Waals surface area (Å²) in [6.07, 6.45) is 1.79. The fraction of sp³-hybridized carbons (Fsp3) is 0.125. The first-order valence-electron chi connectivity index (χ1n) is 6.58. The molecule has 0 fully saturated rings. The number of nitro groups is 1. The zero-order valence-corrected chi connectivity index (χ0v) is 11.1. The molecule has 0 radical (unpaired) electrons. The summed E-state index contributed by atoms with van der Waals surface area (Å²) in [6.45, 7) is -0.229. The number of para-hydroxylation sites is 1. The van der Waals surface area contributed by atoms with E-state index >= 15 is 0 Å². The maximum absolute atomic E-state index is 13.1. The summed E-state index contributed by atoms with van der Waals surface area (Å²) in [5, 5.41) is 12.0. The molecule has 21 heavy (non-hydrogen) atoms. The van der Waals surface area contributed by atoms with Crippen LogP contribution in [0.15, 0.2) is 54.7 Å². The summed E-state index contributed by atoms with van der Waals surface area (Å²) in [5.41, 5.74) is 2.52. The van der Waals surface area contributed by atoms with Crippen LogP contribution in [0.4, 0.5) is 4.39 Å². The Bertz CT molecular complexity index is 780. The van der Waals surface area contributed by atoms with E-state index in [1.807, 2.05) is 24.3 Å². The summed E-state index contributed by atoms with van der Waals surface area (Å²) >= 11 is 0. The van der Waals surface area contributed by atoms with Gasteiger partial charge in [-0.1, -0.05) is 30.3 Å². The number of fused-ring (bicyclic) bond motifs is 1. The van der Waals surface area contributed by atoms with Crippen LogP contribution in [0.25, 0.3) is 10.9 Å². The lowest BCUT2D eigenvalue weighted by Crippen LogP contribution is -2.13. The molecular weight excluding hydrogens is 271 g/mol. The van der Waals surface area contributed by atoms with Gasteiger partial charge < -0.3 is 4.98 Å². The van der Waals surface area contributed by atoms with Crippen LogP contribution in [-0.2, 0) is 0 Å². The SMILES string of the molecule is O=[N+]([O-])C[C@@H](c1ccc(F)cc1)c1c[nH]c2ccccc12. The molecule has 5 heteroatoms. The van der Waals surface area contributed by atoms with Gasteiger partial charge in [0, 0.05) is 22.0 Å². The number of halogens is 1. The predicted molar refractivity (Wildman–Crippen MR) is 78.4 cm³/mol. The average molecular weight is 284 g/mol. The van der Waals surface area contributed by atoms with Crippen LogP contribution in [0.5, 0.6) is 0 Å². The lowest BCUT2D eigenvalue weighted by atomic mass is 9.91. The average Bonchev–Trinajstić information content (AvgIpc) is 2.89. The van der Waals surface area contributed by atoms with E-state index in [-0.39, 0.29) is 17.3 Å². The van der Waals surface area contributed by atoms with Crippen molar-refractivity contribution < 1.29 is 9.31 Å². The van der Waals surface area contributed by atoms with Gasteiger partial charge in [-0.2, -0.15) is 0 Å². The highest BCUT2D eigenvalue weighted by Gasteiger charge is 2.23. The van der Waals surface area contributed by atoms with Gasteiger partial charge >= 0.3 is 0 Å². The van der Waals surface area contributed by atoms with Gasteiger partial charge in [0.25, 0.3) is 0 Å². The molecule has 0 spiro atoms. The summed E-state index contributed by atoms with van der Waals surface area (Å²) in [5.74, 6) is -0.755. The third-order valence-corrected chi connectivity index (χ3v) is 3.60. The van der Waals surface area contributed by atoms with Gasteiger partial charge in [0.15, 0.2) is 0 Å². The van der Waals surface area contributed by atoms with Gasteiger partial charge in [-0.3, -0.25) is 10.1 Å². The van der Waals surface area contributed by atoms with Gasteiger partial charge in [-0.25, -0.2) is 4.39 Å². The molecule has 0 amide bonds. The minimum absolute atomic E-state index is 0.229. The highest BCUT2D eigenvalue weighted by Crippen LogP contribution is 2.31. The van der Waals surface area contributed by atoms with Crippen molar-refractivity contribution in [1.82, 2.24) is 4.98 Å². The van der Waals surface area contributed by atoms with Crippen LogP contribution in [0.1, 0.15) is 17.0 Å². The zero-order chi connectivity index (χ0) is 14.8. The minimum Gasteiger partial charge on any atom is -0.361 e. The van der Waals surface area contributed by atoms with Gasteiger partial charge in [0.05, 0.1) is 5.92 Å². The first kappa shape index (κ1) is 13.3. The van der Waals surface area contributed by atoms with Gasteiger partial charge in [-0.05, 0) is 29.3 Å². The molecule has 1 N–H and O–H groups in total. The van der Waals surface area contributed by atoms with E-state index in [1.165, 1.54) is 12.1 Å². The number of rotatable bonds is 4. The monoisotopic (exact) mass is 284 g/mol. The molecule has 3 aromatic rings. The van der Waals surface area contributed by atoms with E-state index < -0.39 is 5.92 Å². The third-order valence-electron chi connectivity index (χ3n) is 3.60. The Labute approximate surface area is 120 Å². The first-order valence-corrected chi connectivity index (χ1v) is 6.58. The number of nitrogens with one attached hydrogen (secondary N) is 1. The minimum atomic E-state index is -0.406. The van der Waals surface area contributed by atoms with Crippen molar-refractivity contribution >= 4 is 10.9 Å². The first-order chi connectivity index (χ1) is 10.1. The molecule has 0 aliphatic rings. The van der Waals surface area contributed by atoms with Crippen LogP contribution in [0.2, 0.25) is 0 Å². The third kappa shape index (κ3) is 2.63. The fourth-order valence-corrected chi connectivity index (χ4v) is 2.61. The Morgan fingerprint density at radius 1 is 1.14 bits per heavy atom. The largest absolute Gasteiger partial charge is 0.361 e. The molecule has 0 bridgehead atoms. The topological polar surface area (TPSA) is 58.9 Å². The molecule has 0 aliphatic carbocycles. The van der Waals surface area contributed by atoms with E-state index in [0.29, 0.717) is 0 Å². The molecule has 1 aromatic heterocycles. The Morgan fingerprint density at radius 3 is 2.57 bits per heavy atom. The maximum atomic E-state index is 13.1. The Morgan fingerprint density at radius 2 is 1.86 bits per heavy atom. The van der Waals surface area contributed by atoms with Gasteiger partial charge in [0.1, 0.15) is 5.82 Å². The smallest absolute Gasteiger partial charge is 0.214 e. The van der Waals surface area contributed by atoms with Gasteiger partial charge in [0.2, 0.25) is 6.54 Å². The molecule has 0 unspecified atom stereocenters. The molecule has 0 saturated carbocycles. The highest BCUT2D eigenvalue weighted by atomic mass is 19.1. The molecule has 4 nitrogen and oxygen atoms in total. The summed E-state index contributed by atoms with van der Waals surface area (Å²) in [7, 11) is 0. The number of nitrogens with zero attached hydrogens (tertiary/aromatic N) is 1. The molecule has 1 atom stereocenters. The van der Waals surface area contributed by atoms with Crippen molar-refractivity contribution in [2.45, 2.75) is 5.92 Å². The summed E-state index contributed by atoms with van der Waals surface area (Å²) in [6, 6.07) is 13.5. The van der Waals surface area contributed by atoms with Crippen molar-refractivity contribution in [3.05, 3.63) is 81.8 Å². The van der Waals surface area contributed by atoms with Crippen LogP contribution in [-0.4, -0.2) is 16.5 Å². The second-order valence-corrected chi connectivity index (χ2v) is 4.91. The fourth-order valence-electron chi connectivity index (χ4n) is 2.61. The van der Waals surface area contributed by atoms with Crippen LogP contribution >= 0.6 is 0 Å². The number of aromatic nitrogens is 1. The predicted octanol–water partition coefficient (Wildman–Crippen LogP) is 3.72. The normalized spacial score (nSPS) is 12.4. The van der Waals surface area contributed by atoms with E-state index in [9.17, 15) is 14.5 Å². The zero-order valence-electron chi connectivity index (χ0n) is 11.1. The van der Waals surface area contributed by atoms with Gasteiger partial charge in [-0.15, -0.1) is 0 Å². The maximum Gasteiger partial charge on any atom is 0.214 e. The van der Waals surface area contributed by atoms with E-state index in [4.69, 9.17) is 0 Å². The van der Waals surface area contributed by atoms with Crippen LogP contribution in [0, 0.1) is 15.9 Å². The molecule has 1 heterocycles. The van der Waals surface area contributed by atoms with Crippen molar-refractivity contribution in [1.29, 1.82) is 0 Å². The van der Waals surface area contributed by atoms with E-state index in [2.05, 4.69) is 4.98 Å². The molecule has 2 aromatic carbocycles. The summed E-state index contributed by atoms with van der Waals surface area (Å²) < 4.78 is 13.1. The Balaban J connectivity index is 2.11. The number of hydrogen-bond donors (Lipinski definition) is 1. The number of aromatic amines is 1. The van der Waals surface area contributed by atoms with Crippen molar-refractivity contribution in [3.8, 4) is 0 Å². The van der Waals surface area contributed by atoms with E-state index in [0.717, 1.165) is 22.0 Å². The molecule has 106 valence electrons. The highest BCUT2D eigenvalue weighted by molar-refractivity contribution is 5.84.